The Labute approximate surface area is 113 Å². The SMILES string of the molecule is CC(C)C(OC(=O)OC1CC2CCC1C2)S(=O)(=O)[O-]. The quantitative estimate of drug-likeness (QED) is 0.579. The molecule has 2 bridgehead atoms. The number of carbonyl (C=O) groups is 1. The maximum Gasteiger partial charge on any atom is 0.509 e. The molecule has 2 aliphatic carbocycles. The van der Waals surface area contributed by atoms with Crippen molar-refractivity contribution >= 4 is 16.3 Å². The predicted molar refractivity (Wildman–Crippen MR) is 65.1 cm³/mol. The molecule has 0 radical (unpaired) electrons. The van der Waals surface area contributed by atoms with Crippen molar-refractivity contribution in [1.29, 1.82) is 0 Å². The number of hydrogen-bond acceptors (Lipinski definition) is 6. The van der Waals surface area contributed by atoms with E-state index in [1.165, 1.54) is 20.3 Å². The fourth-order valence-electron chi connectivity index (χ4n) is 3.11. The number of fused-ring (bicyclic) bond motifs is 2. The maximum absolute atomic E-state index is 11.6. The van der Waals surface area contributed by atoms with E-state index in [0.717, 1.165) is 19.3 Å². The van der Waals surface area contributed by atoms with E-state index >= 15 is 0 Å². The zero-order valence-electron chi connectivity index (χ0n) is 11.1. The highest BCUT2D eigenvalue weighted by molar-refractivity contribution is 7.86. The summed E-state index contributed by atoms with van der Waals surface area (Å²) >= 11 is 0. The third-order valence-corrected chi connectivity index (χ3v) is 5.17. The molecule has 0 heterocycles. The Morgan fingerprint density at radius 3 is 2.37 bits per heavy atom. The molecule has 2 saturated carbocycles. The summed E-state index contributed by atoms with van der Waals surface area (Å²) in [6.45, 7) is 3.01. The fraction of sp³-hybridized carbons (Fsp3) is 0.917. The molecule has 0 aromatic heterocycles. The predicted octanol–water partition coefficient (Wildman–Crippen LogP) is 1.86. The first-order valence-corrected chi connectivity index (χ1v) is 8.06. The van der Waals surface area contributed by atoms with Gasteiger partial charge in [-0.1, -0.05) is 13.8 Å². The van der Waals surface area contributed by atoms with Gasteiger partial charge in [-0.2, -0.15) is 0 Å². The Bertz CT molecular complexity index is 443. The lowest BCUT2D eigenvalue weighted by atomic mass is 9.98. The van der Waals surface area contributed by atoms with Crippen molar-refractivity contribution in [3.63, 3.8) is 0 Å². The van der Waals surface area contributed by atoms with Gasteiger partial charge >= 0.3 is 6.16 Å². The second-order valence-electron chi connectivity index (χ2n) is 5.80. The van der Waals surface area contributed by atoms with Gasteiger partial charge in [0.25, 0.3) is 0 Å². The molecule has 0 N–H and O–H groups in total. The molecule has 6 nitrogen and oxygen atoms in total. The standard InChI is InChI=1S/C12H20O6S/c1-7(2)11(19(14,15)16)18-12(13)17-10-6-8-3-4-9(10)5-8/h7-11H,3-6H2,1-2H3,(H,14,15,16)/p-1. The van der Waals surface area contributed by atoms with Crippen molar-refractivity contribution in [2.45, 2.75) is 51.1 Å². The average molecular weight is 291 g/mol. The smallest absolute Gasteiger partial charge is 0.509 e. The van der Waals surface area contributed by atoms with Crippen LogP contribution in [0.5, 0.6) is 0 Å². The molecule has 7 heteroatoms. The van der Waals surface area contributed by atoms with Gasteiger partial charge in [0.1, 0.15) is 16.2 Å². The minimum absolute atomic E-state index is 0.187. The minimum atomic E-state index is -4.68. The summed E-state index contributed by atoms with van der Waals surface area (Å²) < 4.78 is 42.8. The zero-order chi connectivity index (χ0) is 14.2. The van der Waals surface area contributed by atoms with Crippen LogP contribution in [0.15, 0.2) is 0 Å². The second-order valence-corrected chi connectivity index (χ2v) is 7.25. The number of rotatable bonds is 4. The van der Waals surface area contributed by atoms with Gasteiger partial charge in [0.2, 0.25) is 0 Å². The van der Waals surface area contributed by atoms with Crippen LogP contribution in [-0.4, -0.2) is 30.7 Å². The van der Waals surface area contributed by atoms with E-state index in [2.05, 4.69) is 4.74 Å². The maximum atomic E-state index is 11.6. The lowest BCUT2D eigenvalue weighted by Crippen LogP contribution is -2.34. The molecule has 0 aliphatic heterocycles. The highest BCUT2D eigenvalue weighted by atomic mass is 32.2. The highest BCUT2D eigenvalue weighted by Gasteiger charge is 2.42. The van der Waals surface area contributed by atoms with Gasteiger partial charge in [-0.15, -0.1) is 0 Å². The van der Waals surface area contributed by atoms with Gasteiger partial charge in [-0.3, -0.25) is 0 Å². The molecule has 110 valence electrons. The van der Waals surface area contributed by atoms with Crippen LogP contribution in [0.25, 0.3) is 0 Å². The molecular weight excluding hydrogens is 272 g/mol. The summed E-state index contributed by atoms with van der Waals surface area (Å²) in [4.78, 5) is 11.6. The molecule has 2 aliphatic rings. The van der Waals surface area contributed by atoms with Crippen LogP contribution in [-0.2, 0) is 19.6 Å². The van der Waals surface area contributed by atoms with Crippen LogP contribution < -0.4 is 0 Å². The first kappa shape index (κ1) is 14.6. The Morgan fingerprint density at radius 2 is 1.95 bits per heavy atom. The molecule has 2 fully saturated rings. The van der Waals surface area contributed by atoms with Crippen LogP contribution in [0, 0.1) is 17.8 Å². The Hall–Kier alpha value is -0.820. The molecule has 4 unspecified atom stereocenters. The summed E-state index contributed by atoms with van der Waals surface area (Å²) in [7, 11) is -4.68. The number of hydrogen-bond donors (Lipinski definition) is 0. The molecule has 0 amide bonds. The van der Waals surface area contributed by atoms with Crippen molar-refractivity contribution in [3.05, 3.63) is 0 Å². The van der Waals surface area contributed by atoms with Crippen molar-refractivity contribution in [3.8, 4) is 0 Å². The summed E-state index contributed by atoms with van der Waals surface area (Å²) in [5.74, 6) is 0.362. The Morgan fingerprint density at radius 1 is 1.26 bits per heavy atom. The third-order valence-electron chi connectivity index (χ3n) is 3.96. The van der Waals surface area contributed by atoms with Crippen molar-refractivity contribution < 1.29 is 27.2 Å². The molecule has 19 heavy (non-hydrogen) atoms. The van der Waals surface area contributed by atoms with E-state index in [1.807, 2.05) is 0 Å². The highest BCUT2D eigenvalue weighted by Crippen LogP contribution is 2.46. The van der Waals surface area contributed by atoms with Crippen LogP contribution in [0.3, 0.4) is 0 Å². The van der Waals surface area contributed by atoms with E-state index in [-0.39, 0.29) is 6.10 Å². The third kappa shape index (κ3) is 3.39. The summed E-state index contributed by atoms with van der Waals surface area (Å²) in [5, 5.41) is 0. The molecule has 0 saturated heterocycles. The summed E-state index contributed by atoms with van der Waals surface area (Å²) in [5.41, 5.74) is -1.68. The van der Waals surface area contributed by atoms with Crippen molar-refractivity contribution in [1.82, 2.24) is 0 Å². The molecule has 0 aromatic carbocycles. The monoisotopic (exact) mass is 291 g/mol. The van der Waals surface area contributed by atoms with Crippen LogP contribution in [0.2, 0.25) is 0 Å². The first-order valence-electron chi connectivity index (χ1n) is 6.59. The van der Waals surface area contributed by atoms with E-state index in [1.54, 1.807) is 0 Å². The van der Waals surface area contributed by atoms with Crippen LogP contribution >= 0.6 is 0 Å². The van der Waals surface area contributed by atoms with Gasteiger partial charge < -0.3 is 14.0 Å². The fourth-order valence-corrected chi connectivity index (χ4v) is 3.97. The van der Waals surface area contributed by atoms with E-state index in [4.69, 9.17) is 4.74 Å². The van der Waals surface area contributed by atoms with Gasteiger partial charge in [0.15, 0.2) is 5.44 Å². The van der Waals surface area contributed by atoms with E-state index in [0.29, 0.717) is 11.8 Å². The Balaban J connectivity index is 1.90. The van der Waals surface area contributed by atoms with Gasteiger partial charge in [0, 0.05) is 5.92 Å². The Kier molecular flexibility index (Phi) is 4.06. The first-order chi connectivity index (χ1) is 8.77. The normalized spacial score (nSPS) is 31.5. The molecule has 2 rings (SSSR count). The van der Waals surface area contributed by atoms with Crippen LogP contribution in [0.1, 0.15) is 39.5 Å². The van der Waals surface area contributed by atoms with Gasteiger partial charge in [0.05, 0.1) is 0 Å². The number of carbonyl (C=O) groups excluding carboxylic acids is 1. The van der Waals surface area contributed by atoms with Crippen LogP contribution in [0.4, 0.5) is 4.79 Å². The summed E-state index contributed by atoms with van der Waals surface area (Å²) in [6.07, 6.45) is 2.85. The summed E-state index contributed by atoms with van der Waals surface area (Å²) in [6, 6.07) is 0. The number of ether oxygens (including phenoxy) is 2. The topological polar surface area (TPSA) is 92.7 Å². The van der Waals surface area contributed by atoms with Crippen molar-refractivity contribution in [2.75, 3.05) is 0 Å². The van der Waals surface area contributed by atoms with Crippen molar-refractivity contribution in [2.24, 2.45) is 17.8 Å². The largest absolute Gasteiger partial charge is 0.745 e. The average Bonchev–Trinajstić information content (AvgIpc) is 2.85. The lowest BCUT2D eigenvalue weighted by molar-refractivity contribution is -0.0103. The molecular formula is C12H19O6S-. The molecule has 4 atom stereocenters. The minimum Gasteiger partial charge on any atom is -0.745 e. The second kappa shape index (κ2) is 5.28. The molecule has 0 aromatic rings. The van der Waals surface area contributed by atoms with Gasteiger partial charge in [-0.05, 0) is 37.5 Å². The lowest BCUT2D eigenvalue weighted by Gasteiger charge is -2.26. The van der Waals surface area contributed by atoms with E-state index in [9.17, 15) is 17.8 Å². The molecule has 0 spiro atoms. The zero-order valence-corrected chi connectivity index (χ0v) is 11.9. The van der Waals surface area contributed by atoms with E-state index < -0.39 is 27.6 Å². The van der Waals surface area contributed by atoms with Gasteiger partial charge in [-0.25, -0.2) is 13.2 Å².